The van der Waals surface area contributed by atoms with Crippen molar-refractivity contribution in [1.82, 2.24) is 4.98 Å². The molecule has 1 amide bonds. The van der Waals surface area contributed by atoms with Crippen molar-refractivity contribution in [1.29, 1.82) is 0 Å². The van der Waals surface area contributed by atoms with Gasteiger partial charge in [-0.05, 0) is 6.07 Å². The molecule has 1 aromatic rings. The number of hydrogen-bond acceptors (Lipinski definition) is 3. The number of nitrogens with two attached hydrogens (primary N) is 1. The zero-order chi connectivity index (χ0) is 7.56. The number of primary amides is 1. The first-order valence-electron chi connectivity index (χ1n) is 2.64. The zero-order valence-corrected chi connectivity index (χ0v) is 5.11. The van der Waals surface area contributed by atoms with Gasteiger partial charge in [0.25, 0.3) is 0 Å². The molecular formula is C6H6N2O2. The fourth-order valence-electron chi connectivity index (χ4n) is 0.563. The molecule has 4 heteroatoms. The van der Waals surface area contributed by atoms with E-state index in [4.69, 9.17) is 10.8 Å². The number of nitrogens with zero attached hydrogens (tertiary/aromatic N) is 1. The summed E-state index contributed by atoms with van der Waals surface area (Å²) in [7, 11) is 0. The lowest BCUT2D eigenvalue weighted by Crippen LogP contribution is -2.10. The average molecular weight is 138 g/mol. The summed E-state index contributed by atoms with van der Waals surface area (Å²) >= 11 is 0. The van der Waals surface area contributed by atoms with Gasteiger partial charge >= 0.3 is 0 Å². The SMILES string of the molecule is NC(=O)c1cncc(O)c1. The van der Waals surface area contributed by atoms with Crippen molar-refractivity contribution in [3.05, 3.63) is 24.0 Å². The van der Waals surface area contributed by atoms with Gasteiger partial charge in [0.15, 0.2) is 0 Å². The van der Waals surface area contributed by atoms with Gasteiger partial charge in [-0.25, -0.2) is 0 Å². The monoisotopic (exact) mass is 138 g/mol. The maximum absolute atomic E-state index is 10.4. The van der Waals surface area contributed by atoms with Crippen LogP contribution in [0.1, 0.15) is 10.4 Å². The molecule has 52 valence electrons. The predicted octanol–water partition coefficient (Wildman–Crippen LogP) is -0.114. The molecule has 3 N–H and O–H groups in total. The van der Waals surface area contributed by atoms with Gasteiger partial charge in [0.05, 0.1) is 11.8 Å². The van der Waals surface area contributed by atoms with Crippen LogP contribution in [-0.2, 0) is 0 Å². The largest absolute Gasteiger partial charge is 0.506 e. The van der Waals surface area contributed by atoms with Gasteiger partial charge in [-0.1, -0.05) is 0 Å². The van der Waals surface area contributed by atoms with Gasteiger partial charge in [0, 0.05) is 6.20 Å². The maximum atomic E-state index is 10.4. The van der Waals surface area contributed by atoms with Gasteiger partial charge in [-0.15, -0.1) is 0 Å². The van der Waals surface area contributed by atoms with Crippen molar-refractivity contribution in [2.45, 2.75) is 0 Å². The van der Waals surface area contributed by atoms with Crippen LogP contribution in [-0.4, -0.2) is 16.0 Å². The molecule has 0 saturated carbocycles. The summed E-state index contributed by atoms with van der Waals surface area (Å²) in [6.07, 6.45) is 2.52. The Morgan fingerprint density at radius 3 is 2.70 bits per heavy atom. The lowest BCUT2D eigenvalue weighted by atomic mass is 10.3. The molecule has 0 radical (unpaired) electrons. The number of rotatable bonds is 1. The first kappa shape index (κ1) is 6.54. The Labute approximate surface area is 57.3 Å². The van der Waals surface area contributed by atoms with E-state index in [9.17, 15) is 4.79 Å². The molecule has 0 aliphatic heterocycles. The lowest BCUT2D eigenvalue weighted by Gasteiger charge is -1.93. The van der Waals surface area contributed by atoms with Crippen molar-refractivity contribution in [3.63, 3.8) is 0 Å². The molecule has 4 nitrogen and oxygen atoms in total. The van der Waals surface area contributed by atoms with Gasteiger partial charge in [0.1, 0.15) is 5.75 Å². The third-order valence-corrected chi connectivity index (χ3v) is 1.01. The minimum absolute atomic E-state index is 0.0590. The van der Waals surface area contributed by atoms with Crippen molar-refractivity contribution in [2.24, 2.45) is 5.73 Å². The number of pyridine rings is 1. The van der Waals surface area contributed by atoms with E-state index in [1.807, 2.05) is 0 Å². The van der Waals surface area contributed by atoms with E-state index < -0.39 is 5.91 Å². The van der Waals surface area contributed by atoms with Crippen LogP contribution in [0, 0.1) is 0 Å². The van der Waals surface area contributed by atoms with Crippen LogP contribution in [0.15, 0.2) is 18.5 Å². The highest BCUT2D eigenvalue weighted by Crippen LogP contribution is 2.06. The topological polar surface area (TPSA) is 76.2 Å². The molecular weight excluding hydrogens is 132 g/mol. The van der Waals surface area contributed by atoms with Crippen LogP contribution in [0.25, 0.3) is 0 Å². The Morgan fingerprint density at radius 2 is 2.30 bits per heavy atom. The summed E-state index contributed by atoms with van der Waals surface area (Å²) in [5.41, 5.74) is 5.10. The van der Waals surface area contributed by atoms with E-state index in [-0.39, 0.29) is 11.3 Å². The number of carbonyl (C=O) groups excluding carboxylic acids is 1. The summed E-state index contributed by atoms with van der Waals surface area (Å²) in [5.74, 6) is -0.653. The van der Waals surface area contributed by atoms with Crippen LogP contribution in [0.5, 0.6) is 5.75 Å². The summed E-state index contributed by atoms with van der Waals surface area (Å²) in [6, 6.07) is 1.26. The molecule has 1 aromatic heterocycles. The number of hydrogen-bond donors (Lipinski definition) is 2. The Bertz CT molecular complexity index is 260. The third kappa shape index (κ3) is 1.22. The second-order valence-electron chi connectivity index (χ2n) is 1.80. The summed E-state index contributed by atoms with van der Waals surface area (Å²) in [5, 5.41) is 8.79. The third-order valence-electron chi connectivity index (χ3n) is 1.01. The van der Waals surface area contributed by atoms with Crippen LogP contribution in [0.3, 0.4) is 0 Å². The van der Waals surface area contributed by atoms with Crippen molar-refractivity contribution >= 4 is 5.91 Å². The second kappa shape index (κ2) is 2.34. The fourth-order valence-corrected chi connectivity index (χ4v) is 0.563. The first-order valence-corrected chi connectivity index (χ1v) is 2.64. The average Bonchev–Trinajstić information content (AvgIpc) is 1.88. The predicted molar refractivity (Wildman–Crippen MR) is 34.4 cm³/mol. The van der Waals surface area contributed by atoms with Crippen LogP contribution in [0.4, 0.5) is 0 Å². The zero-order valence-electron chi connectivity index (χ0n) is 5.11. The quantitative estimate of drug-likeness (QED) is 0.568. The standard InChI is InChI=1S/C6H6N2O2/c7-6(10)4-1-5(9)3-8-2-4/h1-3,9H,(H2,7,10). The van der Waals surface area contributed by atoms with Gasteiger partial charge < -0.3 is 10.8 Å². The van der Waals surface area contributed by atoms with Crippen molar-refractivity contribution in [3.8, 4) is 5.75 Å². The molecule has 1 rings (SSSR count). The molecule has 0 aromatic carbocycles. The summed E-state index contributed by atoms with van der Waals surface area (Å²) in [6.45, 7) is 0. The Hall–Kier alpha value is -1.58. The summed E-state index contributed by atoms with van der Waals surface area (Å²) in [4.78, 5) is 14.0. The van der Waals surface area contributed by atoms with Gasteiger partial charge in [0.2, 0.25) is 5.91 Å². The van der Waals surface area contributed by atoms with E-state index >= 15 is 0 Å². The molecule has 0 fully saturated rings. The fraction of sp³-hybridized carbons (Fsp3) is 0. The normalized spacial score (nSPS) is 9.20. The second-order valence-corrected chi connectivity index (χ2v) is 1.80. The molecule has 0 aliphatic carbocycles. The van der Waals surface area contributed by atoms with Crippen molar-refractivity contribution < 1.29 is 9.90 Å². The molecule has 0 bridgehead atoms. The minimum atomic E-state index is -0.594. The van der Waals surface area contributed by atoms with Gasteiger partial charge in [-0.2, -0.15) is 0 Å². The molecule has 0 atom stereocenters. The van der Waals surface area contributed by atoms with Crippen LogP contribution in [0.2, 0.25) is 0 Å². The molecule has 0 unspecified atom stereocenters. The van der Waals surface area contributed by atoms with Crippen LogP contribution < -0.4 is 5.73 Å². The lowest BCUT2D eigenvalue weighted by molar-refractivity contribution is 0.0999. The maximum Gasteiger partial charge on any atom is 0.250 e. The molecule has 0 spiro atoms. The number of aromatic nitrogens is 1. The van der Waals surface area contributed by atoms with E-state index in [1.54, 1.807) is 0 Å². The highest BCUT2D eigenvalue weighted by atomic mass is 16.3. The van der Waals surface area contributed by atoms with E-state index in [1.165, 1.54) is 18.5 Å². The minimum Gasteiger partial charge on any atom is -0.506 e. The van der Waals surface area contributed by atoms with E-state index in [0.29, 0.717) is 0 Å². The highest BCUT2D eigenvalue weighted by molar-refractivity contribution is 5.92. The molecule has 0 aliphatic rings. The Kier molecular flexibility index (Phi) is 1.53. The smallest absolute Gasteiger partial charge is 0.250 e. The number of amides is 1. The number of carbonyl (C=O) groups is 1. The molecule has 10 heavy (non-hydrogen) atoms. The van der Waals surface area contributed by atoms with E-state index in [2.05, 4.69) is 4.98 Å². The van der Waals surface area contributed by atoms with Crippen LogP contribution >= 0.6 is 0 Å². The molecule has 1 heterocycles. The Morgan fingerprint density at radius 1 is 1.60 bits per heavy atom. The number of aromatic hydroxyl groups is 1. The first-order chi connectivity index (χ1) is 4.70. The summed E-state index contributed by atoms with van der Waals surface area (Å²) < 4.78 is 0. The van der Waals surface area contributed by atoms with Crippen molar-refractivity contribution in [2.75, 3.05) is 0 Å². The molecule has 0 saturated heterocycles. The van der Waals surface area contributed by atoms with Gasteiger partial charge in [-0.3, -0.25) is 9.78 Å². The van der Waals surface area contributed by atoms with E-state index in [0.717, 1.165) is 0 Å². The highest BCUT2D eigenvalue weighted by Gasteiger charge is 1.99. The Balaban J connectivity index is 3.07.